The number of rotatable bonds is 0. The van der Waals surface area contributed by atoms with Crippen molar-refractivity contribution < 1.29 is 4.79 Å². The van der Waals surface area contributed by atoms with Gasteiger partial charge in [-0.05, 0) is 50.0 Å². The Labute approximate surface area is 97.0 Å². The van der Waals surface area contributed by atoms with Crippen molar-refractivity contribution in [3.8, 4) is 0 Å². The van der Waals surface area contributed by atoms with Crippen molar-refractivity contribution in [2.75, 3.05) is 6.54 Å². The summed E-state index contributed by atoms with van der Waals surface area (Å²) in [7, 11) is 0. The molecule has 2 heterocycles. The highest BCUT2D eigenvalue weighted by atomic mass is 16.2. The van der Waals surface area contributed by atoms with E-state index in [2.05, 4.69) is 17.1 Å². The minimum Gasteiger partial charge on any atom is -0.316 e. The Kier molecular flexibility index (Phi) is 2.58. The zero-order chi connectivity index (χ0) is 11.0. The van der Waals surface area contributed by atoms with E-state index in [4.69, 9.17) is 0 Å². The highest BCUT2D eigenvalue weighted by molar-refractivity contribution is 5.79. The molecule has 3 rings (SSSR count). The summed E-state index contributed by atoms with van der Waals surface area (Å²) in [6.07, 6.45) is 12.4. The van der Waals surface area contributed by atoms with Crippen LogP contribution in [-0.2, 0) is 4.79 Å². The number of carbonyl (C=O) groups is 1. The van der Waals surface area contributed by atoms with E-state index < -0.39 is 0 Å². The molecule has 16 heavy (non-hydrogen) atoms. The fraction of sp³-hybridized carbons (Fsp3) is 0.643. The van der Waals surface area contributed by atoms with E-state index in [9.17, 15) is 4.79 Å². The van der Waals surface area contributed by atoms with Crippen LogP contribution in [0.3, 0.4) is 0 Å². The number of carbonyl (C=O) groups excluding carboxylic acids is 1. The van der Waals surface area contributed by atoms with E-state index in [1.165, 1.54) is 37.0 Å². The van der Waals surface area contributed by atoms with E-state index in [0.717, 1.165) is 25.8 Å². The van der Waals surface area contributed by atoms with Crippen molar-refractivity contribution in [3.63, 3.8) is 0 Å². The summed E-state index contributed by atoms with van der Waals surface area (Å²) in [6.45, 7) is 0.957. The van der Waals surface area contributed by atoms with Gasteiger partial charge in [0.05, 0.1) is 0 Å². The average molecular weight is 217 g/mol. The maximum atomic E-state index is 12.1. The number of hydrogen-bond acceptors (Lipinski definition) is 1. The van der Waals surface area contributed by atoms with Gasteiger partial charge in [-0.3, -0.25) is 4.79 Å². The van der Waals surface area contributed by atoms with Crippen molar-refractivity contribution >= 4 is 5.91 Å². The summed E-state index contributed by atoms with van der Waals surface area (Å²) in [5, 5.41) is 0. The van der Waals surface area contributed by atoms with E-state index in [1.807, 2.05) is 0 Å². The van der Waals surface area contributed by atoms with Crippen molar-refractivity contribution in [2.45, 2.75) is 44.9 Å². The minimum absolute atomic E-state index is 0.366. The quantitative estimate of drug-likeness (QED) is 0.611. The van der Waals surface area contributed by atoms with Gasteiger partial charge in [0, 0.05) is 18.7 Å². The standard InChI is InChI=1S/C14H19NO/c16-14-9-8-11-5-1-2-6-12(11)13-7-3-4-10-15(13)14/h2,6,11H,1,3-5,7-10H2. The van der Waals surface area contributed by atoms with Crippen molar-refractivity contribution in [2.24, 2.45) is 5.92 Å². The van der Waals surface area contributed by atoms with Gasteiger partial charge >= 0.3 is 0 Å². The Bertz CT molecular complexity index is 367. The first-order valence-electron chi connectivity index (χ1n) is 6.56. The molecule has 86 valence electrons. The molecule has 0 N–H and O–H groups in total. The third kappa shape index (κ3) is 1.60. The molecule has 1 fully saturated rings. The molecule has 1 unspecified atom stereocenters. The third-order valence-corrected chi connectivity index (χ3v) is 4.13. The van der Waals surface area contributed by atoms with Crippen molar-refractivity contribution in [3.05, 3.63) is 23.4 Å². The zero-order valence-corrected chi connectivity index (χ0v) is 9.74. The molecule has 1 amide bonds. The largest absolute Gasteiger partial charge is 0.316 e. The lowest BCUT2D eigenvalue weighted by Crippen LogP contribution is -2.33. The summed E-state index contributed by atoms with van der Waals surface area (Å²) in [6, 6.07) is 0. The summed E-state index contributed by atoms with van der Waals surface area (Å²) in [4.78, 5) is 14.1. The molecule has 1 aliphatic carbocycles. The predicted octanol–water partition coefficient (Wildman–Crippen LogP) is 3.01. The molecule has 0 spiro atoms. The molecule has 2 nitrogen and oxygen atoms in total. The SMILES string of the molecule is O=C1CCC2CCC=CC2=C2CCCCN12. The van der Waals surface area contributed by atoms with Crippen LogP contribution in [0.5, 0.6) is 0 Å². The van der Waals surface area contributed by atoms with Crippen LogP contribution >= 0.6 is 0 Å². The van der Waals surface area contributed by atoms with Gasteiger partial charge in [-0.25, -0.2) is 0 Å². The van der Waals surface area contributed by atoms with Crippen LogP contribution in [0.4, 0.5) is 0 Å². The van der Waals surface area contributed by atoms with Crippen LogP contribution in [0, 0.1) is 5.92 Å². The topological polar surface area (TPSA) is 20.3 Å². The number of nitrogens with zero attached hydrogens (tertiary/aromatic N) is 1. The maximum Gasteiger partial charge on any atom is 0.226 e. The predicted molar refractivity (Wildman–Crippen MR) is 63.7 cm³/mol. The van der Waals surface area contributed by atoms with Crippen LogP contribution in [-0.4, -0.2) is 17.4 Å². The summed E-state index contributed by atoms with van der Waals surface area (Å²) >= 11 is 0. The van der Waals surface area contributed by atoms with Gasteiger partial charge in [0.2, 0.25) is 5.91 Å². The molecule has 1 saturated heterocycles. The van der Waals surface area contributed by atoms with Gasteiger partial charge in [-0.2, -0.15) is 0 Å². The van der Waals surface area contributed by atoms with E-state index >= 15 is 0 Å². The van der Waals surface area contributed by atoms with E-state index in [0.29, 0.717) is 11.8 Å². The summed E-state index contributed by atoms with van der Waals surface area (Å²) in [5.41, 5.74) is 2.84. The molecule has 0 saturated carbocycles. The van der Waals surface area contributed by atoms with Gasteiger partial charge in [-0.15, -0.1) is 0 Å². The lowest BCUT2D eigenvalue weighted by atomic mass is 9.84. The van der Waals surface area contributed by atoms with Crippen LogP contribution in [0.25, 0.3) is 0 Å². The fourth-order valence-corrected chi connectivity index (χ4v) is 3.27. The lowest BCUT2D eigenvalue weighted by Gasteiger charge is -2.31. The highest BCUT2D eigenvalue weighted by Crippen LogP contribution is 2.38. The van der Waals surface area contributed by atoms with Gasteiger partial charge in [0.25, 0.3) is 0 Å². The Morgan fingerprint density at radius 3 is 3.06 bits per heavy atom. The van der Waals surface area contributed by atoms with Gasteiger partial charge in [0.1, 0.15) is 0 Å². The molecule has 2 aliphatic heterocycles. The van der Waals surface area contributed by atoms with E-state index in [-0.39, 0.29) is 0 Å². The Hall–Kier alpha value is -1.05. The van der Waals surface area contributed by atoms with Crippen molar-refractivity contribution in [1.29, 1.82) is 0 Å². The number of amides is 1. The molecular formula is C14H19NO. The van der Waals surface area contributed by atoms with Crippen LogP contribution in [0.1, 0.15) is 44.9 Å². The number of hydrogen-bond donors (Lipinski definition) is 0. The van der Waals surface area contributed by atoms with Gasteiger partial charge in [0.15, 0.2) is 0 Å². The molecule has 0 aromatic rings. The summed E-state index contributed by atoms with van der Waals surface area (Å²) in [5.74, 6) is 1.03. The van der Waals surface area contributed by atoms with Gasteiger partial charge < -0.3 is 4.90 Å². The van der Waals surface area contributed by atoms with Gasteiger partial charge in [-0.1, -0.05) is 12.2 Å². The minimum atomic E-state index is 0.366. The van der Waals surface area contributed by atoms with E-state index in [1.54, 1.807) is 0 Å². The monoisotopic (exact) mass is 217 g/mol. The molecule has 0 aromatic heterocycles. The molecule has 3 aliphatic rings. The second kappa shape index (κ2) is 4.08. The third-order valence-electron chi connectivity index (χ3n) is 4.13. The molecule has 0 aromatic carbocycles. The first-order valence-corrected chi connectivity index (χ1v) is 6.56. The second-order valence-electron chi connectivity index (χ2n) is 5.12. The highest BCUT2D eigenvalue weighted by Gasteiger charge is 2.31. The number of piperidine rings is 1. The van der Waals surface area contributed by atoms with Crippen molar-refractivity contribution in [1.82, 2.24) is 4.90 Å². The maximum absolute atomic E-state index is 12.1. The Morgan fingerprint density at radius 2 is 2.12 bits per heavy atom. The second-order valence-corrected chi connectivity index (χ2v) is 5.12. The molecule has 0 bridgehead atoms. The van der Waals surface area contributed by atoms with Crippen LogP contribution in [0.15, 0.2) is 23.4 Å². The smallest absolute Gasteiger partial charge is 0.226 e. The van der Waals surface area contributed by atoms with Crippen LogP contribution in [0.2, 0.25) is 0 Å². The number of fused-ring (bicyclic) bond motifs is 2. The summed E-state index contributed by atoms with van der Waals surface area (Å²) < 4.78 is 0. The lowest BCUT2D eigenvalue weighted by molar-refractivity contribution is -0.129. The normalized spacial score (nSPS) is 29.9. The first-order chi connectivity index (χ1) is 7.86. The average Bonchev–Trinajstić information content (AvgIpc) is 2.49. The molecule has 2 heteroatoms. The fourth-order valence-electron chi connectivity index (χ4n) is 3.27. The first kappa shape index (κ1) is 10.1. The number of allylic oxidation sites excluding steroid dienone is 4. The molecule has 0 radical (unpaired) electrons. The Balaban J connectivity index is 2.03. The molecule has 1 atom stereocenters. The molecular weight excluding hydrogens is 198 g/mol. The zero-order valence-electron chi connectivity index (χ0n) is 9.74. The van der Waals surface area contributed by atoms with Crippen LogP contribution < -0.4 is 0 Å². The Morgan fingerprint density at radius 1 is 1.19 bits per heavy atom.